The van der Waals surface area contributed by atoms with Crippen molar-refractivity contribution in [1.82, 2.24) is 9.99 Å². The Morgan fingerprint density at radius 3 is 2.41 bits per heavy atom. The van der Waals surface area contributed by atoms with Crippen LogP contribution in [0.1, 0.15) is 22.4 Å². The predicted molar refractivity (Wildman–Crippen MR) is 141 cm³/mol. The molecule has 0 aliphatic heterocycles. The van der Waals surface area contributed by atoms with Gasteiger partial charge < -0.3 is 4.57 Å². The number of amides is 1. The summed E-state index contributed by atoms with van der Waals surface area (Å²) >= 11 is 6.42. The molecule has 1 amide bonds. The molecule has 0 atom stereocenters. The number of para-hydroxylation sites is 1. The Morgan fingerprint density at radius 1 is 0.882 bits per heavy atom. The van der Waals surface area contributed by atoms with E-state index in [0.29, 0.717) is 6.54 Å². The van der Waals surface area contributed by atoms with Gasteiger partial charge in [-0.1, -0.05) is 90.5 Å². The van der Waals surface area contributed by atoms with Crippen molar-refractivity contribution in [2.24, 2.45) is 5.10 Å². The van der Waals surface area contributed by atoms with Crippen molar-refractivity contribution in [1.29, 1.82) is 0 Å². The summed E-state index contributed by atoms with van der Waals surface area (Å²) in [5.41, 5.74) is 7.89. The Hall–Kier alpha value is -3.89. The first kappa shape index (κ1) is 21.9. The molecule has 5 rings (SSSR count). The van der Waals surface area contributed by atoms with Crippen molar-refractivity contribution < 1.29 is 4.79 Å². The normalized spacial score (nSPS) is 11.5. The van der Waals surface area contributed by atoms with Crippen LogP contribution >= 0.6 is 11.6 Å². The maximum Gasteiger partial charge on any atom is 0.244 e. The van der Waals surface area contributed by atoms with Gasteiger partial charge in [0.25, 0.3) is 0 Å². The number of benzene rings is 4. The number of halogens is 1. The lowest BCUT2D eigenvalue weighted by atomic mass is 10.0. The Morgan fingerprint density at radius 2 is 1.56 bits per heavy atom. The summed E-state index contributed by atoms with van der Waals surface area (Å²) in [5, 5.41) is 8.34. The van der Waals surface area contributed by atoms with Crippen molar-refractivity contribution in [3.8, 4) is 0 Å². The van der Waals surface area contributed by atoms with Gasteiger partial charge in [0.2, 0.25) is 5.91 Å². The minimum Gasteiger partial charge on any atom is -0.340 e. The van der Waals surface area contributed by atoms with E-state index in [1.54, 1.807) is 6.21 Å². The van der Waals surface area contributed by atoms with E-state index in [-0.39, 0.29) is 12.3 Å². The van der Waals surface area contributed by atoms with Crippen LogP contribution in [0.2, 0.25) is 5.02 Å². The van der Waals surface area contributed by atoms with Crippen LogP contribution in [-0.4, -0.2) is 16.7 Å². The van der Waals surface area contributed by atoms with Crippen molar-refractivity contribution in [3.05, 3.63) is 118 Å². The largest absolute Gasteiger partial charge is 0.340 e. The number of carbonyl (C=O) groups excluding carboxylic acids is 1. The molecule has 4 aromatic carbocycles. The zero-order valence-corrected chi connectivity index (χ0v) is 19.6. The molecular formula is C29H24ClN3O. The highest BCUT2D eigenvalue weighted by molar-refractivity contribution is 6.31. The Kier molecular flexibility index (Phi) is 6.15. The lowest BCUT2D eigenvalue weighted by Crippen LogP contribution is -2.20. The lowest BCUT2D eigenvalue weighted by Gasteiger charge is -2.10. The standard InChI is InChI=1S/C29H24ClN3O/c1-20-26(18-31-32-29(34)17-22-12-8-11-21-9-2-4-13-24(21)22)25-14-5-7-16-28(25)33(20)19-23-10-3-6-15-27(23)30/h2-16,18H,17,19H2,1H3,(H,32,34)/b31-18-. The molecule has 34 heavy (non-hydrogen) atoms. The smallest absolute Gasteiger partial charge is 0.244 e. The van der Waals surface area contributed by atoms with Gasteiger partial charge in [-0.3, -0.25) is 4.79 Å². The maximum absolute atomic E-state index is 12.6. The second kappa shape index (κ2) is 9.54. The average Bonchev–Trinajstić information content (AvgIpc) is 3.12. The molecule has 168 valence electrons. The molecule has 0 fully saturated rings. The first-order valence-corrected chi connectivity index (χ1v) is 11.6. The fourth-order valence-corrected chi connectivity index (χ4v) is 4.64. The second-order valence-corrected chi connectivity index (χ2v) is 8.71. The highest BCUT2D eigenvalue weighted by Crippen LogP contribution is 2.27. The summed E-state index contributed by atoms with van der Waals surface area (Å²) in [6, 6.07) is 30.2. The topological polar surface area (TPSA) is 46.4 Å². The summed E-state index contributed by atoms with van der Waals surface area (Å²) in [7, 11) is 0. The van der Waals surface area contributed by atoms with Crippen molar-refractivity contribution >= 4 is 45.4 Å². The monoisotopic (exact) mass is 465 g/mol. The van der Waals surface area contributed by atoms with Crippen molar-refractivity contribution in [3.63, 3.8) is 0 Å². The van der Waals surface area contributed by atoms with Crippen molar-refractivity contribution in [2.75, 3.05) is 0 Å². The molecule has 1 heterocycles. The molecule has 0 aliphatic rings. The molecule has 0 saturated heterocycles. The summed E-state index contributed by atoms with van der Waals surface area (Å²) in [5.74, 6) is -0.148. The van der Waals surface area contributed by atoms with E-state index in [1.165, 1.54) is 0 Å². The molecular weight excluding hydrogens is 442 g/mol. The minimum absolute atomic E-state index is 0.148. The van der Waals surface area contributed by atoms with E-state index in [2.05, 4.69) is 46.3 Å². The molecule has 5 aromatic rings. The third-order valence-corrected chi connectivity index (χ3v) is 6.55. The zero-order chi connectivity index (χ0) is 23.5. The van der Waals surface area contributed by atoms with Crippen LogP contribution in [0.3, 0.4) is 0 Å². The summed E-state index contributed by atoms with van der Waals surface area (Å²) < 4.78 is 2.23. The number of fused-ring (bicyclic) bond motifs is 2. The molecule has 0 spiro atoms. The Bertz CT molecular complexity index is 1530. The minimum atomic E-state index is -0.148. The molecule has 4 nitrogen and oxygen atoms in total. The number of hydrazone groups is 1. The molecule has 0 bridgehead atoms. The molecule has 0 aliphatic carbocycles. The molecule has 5 heteroatoms. The average molecular weight is 466 g/mol. The fourth-order valence-electron chi connectivity index (χ4n) is 4.45. The third-order valence-electron chi connectivity index (χ3n) is 6.18. The van der Waals surface area contributed by atoms with Gasteiger partial charge in [-0.25, -0.2) is 5.43 Å². The summed E-state index contributed by atoms with van der Waals surface area (Å²) in [6.45, 7) is 2.73. The van der Waals surface area contributed by atoms with Crippen LogP contribution in [0.5, 0.6) is 0 Å². The summed E-state index contributed by atoms with van der Waals surface area (Å²) in [6.07, 6.45) is 2.01. The number of aromatic nitrogens is 1. The van der Waals surface area contributed by atoms with Gasteiger partial charge in [0.1, 0.15) is 0 Å². The maximum atomic E-state index is 12.6. The van der Waals surface area contributed by atoms with Crippen LogP contribution in [0.25, 0.3) is 21.7 Å². The number of carbonyl (C=O) groups is 1. The Labute approximate surface area is 203 Å². The molecule has 1 aromatic heterocycles. The van der Waals surface area contributed by atoms with Gasteiger partial charge in [-0.15, -0.1) is 0 Å². The SMILES string of the molecule is Cc1c(/C=N\NC(=O)Cc2cccc3ccccc23)c2ccccc2n1Cc1ccccc1Cl. The van der Waals surface area contributed by atoms with E-state index in [1.807, 2.05) is 66.7 Å². The number of rotatable bonds is 6. The number of nitrogens with zero attached hydrogens (tertiary/aromatic N) is 2. The molecule has 0 saturated carbocycles. The highest BCUT2D eigenvalue weighted by Gasteiger charge is 2.14. The quantitative estimate of drug-likeness (QED) is 0.226. The van der Waals surface area contributed by atoms with Gasteiger partial charge in [-0.2, -0.15) is 5.10 Å². The molecule has 1 N–H and O–H groups in total. The fraction of sp³-hybridized carbons (Fsp3) is 0.103. The van der Waals surface area contributed by atoms with Gasteiger partial charge in [0, 0.05) is 33.7 Å². The van der Waals surface area contributed by atoms with Crippen LogP contribution in [0.4, 0.5) is 0 Å². The van der Waals surface area contributed by atoms with E-state index < -0.39 is 0 Å². The lowest BCUT2D eigenvalue weighted by molar-refractivity contribution is -0.120. The number of hydrogen-bond acceptors (Lipinski definition) is 2. The van der Waals surface area contributed by atoms with E-state index in [4.69, 9.17) is 11.6 Å². The van der Waals surface area contributed by atoms with E-state index in [9.17, 15) is 4.79 Å². The van der Waals surface area contributed by atoms with Crippen LogP contribution in [-0.2, 0) is 17.8 Å². The first-order chi connectivity index (χ1) is 16.6. The Balaban J connectivity index is 1.38. The van der Waals surface area contributed by atoms with E-state index >= 15 is 0 Å². The van der Waals surface area contributed by atoms with Gasteiger partial charge in [-0.05, 0) is 41.0 Å². The number of hydrogen-bond donors (Lipinski definition) is 1. The molecule has 0 unspecified atom stereocenters. The first-order valence-electron chi connectivity index (χ1n) is 11.2. The third kappa shape index (κ3) is 4.33. The number of nitrogens with one attached hydrogen (secondary N) is 1. The van der Waals surface area contributed by atoms with Crippen LogP contribution in [0, 0.1) is 6.92 Å². The van der Waals surface area contributed by atoms with Crippen molar-refractivity contribution in [2.45, 2.75) is 19.9 Å². The summed E-state index contributed by atoms with van der Waals surface area (Å²) in [4.78, 5) is 12.6. The van der Waals surface area contributed by atoms with Gasteiger partial charge in [0.15, 0.2) is 0 Å². The zero-order valence-electron chi connectivity index (χ0n) is 18.8. The van der Waals surface area contributed by atoms with Crippen LogP contribution < -0.4 is 5.43 Å². The molecule has 0 radical (unpaired) electrons. The van der Waals surface area contributed by atoms with E-state index in [0.717, 1.165) is 49.1 Å². The van der Waals surface area contributed by atoms with Gasteiger partial charge in [0.05, 0.1) is 12.6 Å². The van der Waals surface area contributed by atoms with Crippen LogP contribution in [0.15, 0.2) is 96.1 Å². The second-order valence-electron chi connectivity index (χ2n) is 8.30. The predicted octanol–water partition coefficient (Wildman–Crippen LogP) is 6.50. The highest BCUT2D eigenvalue weighted by atomic mass is 35.5. The van der Waals surface area contributed by atoms with Gasteiger partial charge >= 0.3 is 0 Å².